The van der Waals surface area contributed by atoms with Crippen LogP contribution in [0.4, 0.5) is 4.79 Å². The average Bonchev–Trinajstić information content (AvgIpc) is 2.19. The molecule has 0 aromatic carbocycles. The molecule has 0 aromatic heterocycles. The van der Waals surface area contributed by atoms with Gasteiger partial charge in [-0.25, -0.2) is 4.79 Å². The summed E-state index contributed by atoms with van der Waals surface area (Å²) in [6.07, 6.45) is 1.79. The van der Waals surface area contributed by atoms with Gasteiger partial charge >= 0.3 is 6.09 Å². The molecule has 0 unspecified atom stereocenters. The van der Waals surface area contributed by atoms with Crippen molar-refractivity contribution in [3.63, 3.8) is 0 Å². The van der Waals surface area contributed by atoms with Crippen molar-refractivity contribution in [1.82, 2.24) is 5.32 Å². The number of carbonyl (C=O) groups excluding carboxylic acids is 1. The van der Waals surface area contributed by atoms with E-state index >= 15 is 0 Å². The molecule has 0 heterocycles. The van der Waals surface area contributed by atoms with Gasteiger partial charge in [-0.05, 0) is 20.8 Å². The van der Waals surface area contributed by atoms with Crippen LogP contribution in [-0.2, 0) is 14.2 Å². The van der Waals surface area contributed by atoms with Gasteiger partial charge in [-0.15, -0.1) is 0 Å². The van der Waals surface area contributed by atoms with E-state index in [-0.39, 0.29) is 0 Å². The lowest BCUT2D eigenvalue weighted by molar-refractivity contribution is 0.0494. The molecule has 1 amide bonds. The smallest absolute Gasteiger partial charge is 0.407 e. The molecule has 0 saturated heterocycles. The Morgan fingerprint density at radius 2 is 2.00 bits per heavy atom. The second kappa shape index (κ2) is 8.87. The highest BCUT2D eigenvalue weighted by Crippen LogP contribution is 2.05. The third-order valence-corrected chi connectivity index (χ3v) is 1.58. The lowest BCUT2D eigenvalue weighted by Crippen LogP contribution is -2.34. The van der Waals surface area contributed by atoms with E-state index in [0.717, 1.165) is 6.42 Å². The van der Waals surface area contributed by atoms with Gasteiger partial charge in [0, 0.05) is 19.6 Å². The fraction of sp³-hybridized carbons (Fsp3) is 0.750. The standard InChI is InChI=1S/C12H23NO4/c1-5-15-8-6-9-16-10-7-13-11(14)17-12(2,3)4/h5H,1,6-10H2,2-4H3,(H,13,14). The van der Waals surface area contributed by atoms with Crippen LogP contribution in [0.5, 0.6) is 0 Å². The van der Waals surface area contributed by atoms with E-state index in [1.807, 2.05) is 20.8 Å². The van der Waals surface area contributed by atoms with Gasteiger partial charge in [0.15, 0.2) is 0 Å². The summed E-state index contributed by atoms with van der Waals surface area (Å²) in [6, 6.07) is 0. The number of alkyl carbamates (subject to hydrolysis) is 1. The van der Waals surface area contributed by atoms with Crippen LogP contribution in [0.2, 0.25) is 0 Å². The Balaban J connectivity index is 3.28. The normalized spacial score (nSPS) is 10.8. The van der Waals surface area contributed by atoms with Crippen molar-refractivity contribution in [2.75, 3.05) is 26.4 Å². The molecule has 17 heavy (non-hydrogen) atoms. The van der Waals surface area contributed by atoms with Crippen LogP contribution < -0.4 is 5.32 Å². The van der Waals surface area contributed by atoms with Gasteiger partial charge in [0.05, 0.1) is 19.5 Å². The summed E-state index contributed by atoms with van der Waals surface area (Å²) in [7, 11) is 0. The maximum atomic E-state index is 11.2. The van der Waals surface area contributed by atoms with Crippen LogP contribution in [0, 0.1) is 0 Å². The molecule has 0 saturated carbocycles. The van der Waals surface area contributed by atoms with Gasteiger partial charge in [-0.2, -0.15) is 0 Å². The van der Waals surface area contributed by atoms with E-state index in [4.69, 9.17) is 14.2 Å². The molecule has 0 rings (SSSR count). The fourth-order valence-electron chi connectivity index (χ4n) is 0.969. The summed E-state index contributed by atoms with van der Waals surface area (Å²) in [5.74, 6) is 0. The molecule has 0 aliphatic heterocycles. The van der Waals surface area contributed by atoms with Crippen molar-refractivity contribution in [3.05, 3.63) is 12.8 Å². The Morgan fingerprint density at radius 1 is 1.29 bits per heavy atom. The molecule has 1 N–H and O–H groups in total. The average molecular weight is 245 g/mol. The SMILES string of the molecule is C=COCCCOCCNC(=O)OC(C)(C)C. The Morgan fingerprint density at radius 3 is 2.59 bits per heavy atom. The zero-order chi connectivity index (χ0) is 13.1. The van der Waals surface area contributed by atoms with Crippen LogP contribution in [-0.4, -0.2) is 38.1 Å². The van der Waals surface area contributed by atoms with Gasteiger partial charge in [-0.1, -0.05) is 6.58 Å². The van der Waals surface area contributed by atoms with Crippen LogP contribution in [0.15, 0.2) is 12.8 Å². The summed E-state index contributed by atoms with van der Waals surface area (Å²) in [5, 5.41) is 2.61. The molecular formula is C12H23NO4. The van der Waals surface area contributed by atoms with Crippen molar-refractivity contribution < 1.29 is 19.0 Å². The first-order valence-corrected chi connectivity index (χ1v) is 5.73. The number of nitrogens with one attached hydrogen (secondary N) is 1. The van der Waals surface area contributed by atoms with Crippen LogP contribution in [0.1, 0.15) is 27.2 Å². The minimum absolute atomic E-state index is 0.420. The highest BCUT2D eigenvalue weighted by Gasteiger charge is 2.15. The van der Waals surface area contributed by atoms with Crippen molar-refractivity contribution in [3.8, 4) is 0 Å². The van der Waals surface area contributed by atoms with Gasteiger partial charge in [0.25, 0.3) is 0 Å². The lowest BCUT2D eigenvalue weighted by Gasteiger charge is -2.19. The Kier molecular flexibility index (Phi) is 8.23. The van der Waals surface area contributed by atoms with Gasteiger partial charge < -0.3 is 19.5 Å². The Labute approximate surface area is 103 Å². The summed E-state index contributed by atoms with van der Waals surface area (Å²) in [6.45, 7) is 11.0. The molecule has 0 atom stereocenters. The molecule has 0 radical (unpaired) electrons. The molecule has 0 aliphatic rings. The molecule has 0 aromatic rings. The number of amides is 1. The maximum Gasteiger partial charge on any atom is 0.407 e. The Bertz CT molecular complexity index is 223. The third-order valence-electron chi connectivity index (χ3n) is 1.58. The summed E-state index contributed by atoms with van der Waals surface area (Å²) >= 11 is 0. The van der Waals surface area contributed by atoms with Crippen molar-refractivity contribution in [2.45, 2.75) is 32.8 Å². The number of hydrogen-bond acceptors (Lipinski definition) is 4. The van der Waals surface area contributed by atoms with Crippen LogP contribution in [0.3, 0.4) is 0 Å². The fourth-order valence-corrected chi connectivity index (χ4v) is 0.969. The van der Waals surface area contributed by atoms with Crippen LogP contribution in [0.25, 0.3) is 0 Å². The van der Waals surface area contributed by atoms with Gasteiger partial charge in [0.2, 0.25) is 0 Å². The van der Waals surface area contributed by atoms with E-state index in [2.05, 4.69) is 11.9 Å². The number of hydrogen-bond donors (Lipinski definition) is 1. The largest absolute Gasteiger partial charge is 0.502 e. The zero-order valence-electron chi connectivity index (χ0n) is 11.0. The molecule has 0 spiro atoms. The zero-order valence-corrected chi connectivity index (χ0v) is 11.0. The predicted molar refractivity (Wildman–Crippen MR) is 65.8 cm³/mol. The second-order valence-corrected chi connectivity index (χ2v) is 4.43. The van der Waals surface area contributed by atoms with E-state index in [0.29, 0.717) is 26.4 Å². The monoisotopic (exact) mass is 245 g/mol. The number of carbonyl (C=O) groups is 1. The first kappa shape index (κ1) is 15.8. The first-order chi connectivity index (χ1) is 7.95. The highest BCUT2D eigenvalue weighted by atomic mass is 16.6. The number of rotatable bonds is 8. The van der Waals surface area contributed by atoms with Gasteiger partial charge in [0.1, 0.15) is 5.60 Å². The van der Waals surface area contributed by atoms with E-state index < -0.39 is 11.7 Å². The first-order valence-electron chi connectivity index (χ1n) is 5.73. The molecule has 0 bridgehead atoms. The second-order valence-electron chi connectivity index (χ2n) is 4.43. The van der Waals surface area contributed by atoms with Crippen LogP contribution >= 0.6 is 0 Å². The molecule has 0 aliphatic carbocycles. The van der Waals surface area contributed by atoms with E-state index in [1.165, 1.54) is 6.26 Å². The summed E-state index contributed by atoms with van der Waals surface area (Å²) in [5.41, 5.74) is -0.465. The minimum atomic E-state index is -0.465. The van der Waals surface area contributed by atoms with Crippen molar-refractivity contribution in [1.29, 1.82) is 0 Å². The van der Waals surface area contributed by atoms with Gasteiger partial charge in [-0.3, -0.25) is 0 Å². The van der Waals surface area contributed by atoms with Crippen molar-refractivity contribution >= 4 is 6.09 Å². The minimum Gasteiger partial charge on any atom is -0.502 e. The molecule has 5 nitrogen and oxygen atoms in total. The lowest BCUT2D eigenvalue weighted by atomic mass is 10.2. The topological polar surface area (TPSA) is 56.8 Å². The molecule has 5 heteroatoms. The maximum absolute atomic E-state index is 11.2. The van der Waals surface area contributed by atoms with E-state index in [9.17, 15) is 4.79 Å². The molecular weight excluding hydrogens is 222 g/mol. The van der Waals surface area contributed by atoms with E-state index in [1.54, 1.807) is 0 Å². The summed E-state index contributed by atoms with van der Waals surface area (Å²) in [4.78, 5) is 11.2. The summed E-state index contributed by atoms with van der Waals surface area (Å²) < 4.78 is 15.3. The molecule has 0 fully saturated rings. The number of ether oxygens (including phenoxy) is 3. The van der Waals surface area contributed by atoms with Crippen molar-refractivity contribution in [2.24, 2.45) is 0 Å². The quantitative estimate of drug-likeness (QED) is 0.525. The predicted octanol–water partition coefficient (Wildman–Crippen LogP) is 2.08. The highest BCUT2D eigenvalue weighted by molar-refractivity contribution is 5.67. The third kappa shape index (κ3) is 12.7. The molecule has 100 valence electrons. The Hall–Kier alpha value is -1.23.